The quantitative estimate of drug-likeness (QED) is 0.662. The van der Waals surface area contributed by atoms with Crippen LogP contribution in [0.2, 0.25) is 0 Å². The predicted octanol–water partition coefficient (Wildman–Crippen LogP) is 3.81. The lowest BCUT2D eigenvalue weighted by Gasteiger charge is -2.16. The van der Waals surface area contributed by atoms with E-state index in [0.29, 0.717) is 24.4 Å². The molecule has 0 fully saturated rings. The Morgan fingerprint density at radius 1 is 1.25 bits per heavy atom. The van der Waals surface area contributed by atoms with E-state index in [2.05, 4.69) is 13.8 Å². The molecule has 20 heavy (non-hydrogen) atoms. The first-order valence-corrected chi connectivity index (χ1v) is 7.67. The maximum atomic E-state index is 11.8. The fraction of sp³-hybridized carbons (Fsp3) is 0.588. The summed E-state index contributed by atoms with van der Waals surface area (Å²) in [6, 6.07) is 7.43. The Balaban J connectivity index is 2.58. The molecule has 0 radical (unpaired) electrons. The van der Waals surface area contributed by atoms with Crippen molar-refractivity contribution < 1.29 is 9.53 Å². The fourth-order valence-electron chi connectivity index (χ4n) is 2.38. The summed E-state index contributed by atoms with van der Waals surface area (Å²) in [5.74, 6) is 1.47. The van der Waals surface area contributed by atoms with E-state index >= 15 is 0 Å². The highest BCUT2D eigenvalue weighted by molar-refractivity contribution is 5.96. The molecule has 0 spiro atoms. The Morgan fingerprint density at radius 3 is 2.55 bits per heavy atom. The number of benzene rings is 1. The first-order chi connectivity index (χ1) is 9.71. The zero-order chi connectivity index (χ0) is 14.8. The molecule has 0 bridgehead atoms. The van der Waals surface area contributed by atoms with Gasteiger partial charge in [-0.2, -0.15) is 0 Å². The number of rotatable bonds is 10. The average Bonchev–Trinajstić information content (AvgIpc) is 2.46. The van der Waals surface area contributed by atoms with Crippen LogP contribution in [0.25, 0.3) is 0 Å². The van der Waals surface area contributed by atoms with Crippen LogP contribution >= 0.6 is 0 Å². The second kappa shape index (κ2) is 9.54. The van der Waals surface area contributed by atoms with Gasteiger partial charge in [-0.25, -0.2) is 0 Å². The summed E-state index contributed by atoms with van der Waals surface area (Å²) in [5, 5.41) is 0. The van der Waals surface area contributed by atoms with Crippen LogP contribution in [-0.4, -0.2) is 18.9 Å². The first-order valence-electron chi connectivity index (χ1n) is 7.67. The van der Waals surface area contributed by atoms with Crippen molar-refractivity contribution in [3.63, 3.8) is 0 Å². The van der Waals surface area contributed by atoms with Gasteiger partial charge in [-0.1, -0.05) is 38.8 Å². The van der Waals surface area contributed by atoms with E-state index in [9.17, 15) is 4.79 Å². The largest absolute Gasteiger partial charge is 0.493 e. The summed E-state index contributed by atoms with van der Waals surface area (Å²) < 4.78 is 5.86. The Morgan fingerprint density at radius 2 is 1.95 bits per heavy atom. The van der Waals surface area contributed by atoms with Gasteiger partial charge in [0.25, 0.3) is 0 Å². The van der Waals surface area contributed by atoms with E-state index < -0.39 is 0 Å². The van der Waals surface area contributed by atoms with Crippen molar-refractivity contribution in [3.05, 3.63) is 29.8 Å². The van der Waals surface area contributed by atoms with Crippen molar-refractivity contribution in [3.8, 4) is 5.75 Å². The molecule has 1 aromatic carbocycles. The number of carbonyl (C=O) groups is 1. The number of ketones is 1. The van der Waals surface area contributed by atoms with Gasteiger partial charge in [-0.3, -0.25) is 4.79 Å². The SMILES string of the molecule is CCCC(CCC)COc1cccc(C(=O)CCN)c1. The molecule has 0 aliphatic heterocycles. The van der Waals surface area contributed by atoms with Crippen molar-refractivity contribution in [2.45, 2.75) is 46.0 Å². The summed E-state index contributed by atoms with van der Waals surface area (Å²) in [7, 11) is 0. The van der Waals surface area contributed by atoms with Crippen LogP contribution < -0.4 is 10.5 Å². The van der Waals surface area contributed by atoms with Gasteiger partial charge in [0, 0.05) is 12.0 Å². The van der Waals surface area contributed by atoms with Crippen LogP contribution in [0, 0.1) is 5.92 Å². The molecule has 0 unspecified atom stereocenters. The molecule has 3 nitrogen and oxygen atoms in total. The third kappa shape index (κ3) is 5.74. The summed E-state index contributed by atoms with van der Waals surface area (Å²) in [6.07, 6.45) is 5.14. The van der Waals surface area contributed by atoms with Crippen molar-refractivity contribution in [1.29, 1.82) is 0 Å². The molecule has 0 saturated carbocycles. The molecular formula is C17H27NO2. The third-order valence-electron chi connectivity index (χ3n) is 3.41. The maximum absolute atomic E-state index is 11.8. The molecular weight excluding hydrogens is 250 g/mol. The third-order valence-corrected chi connectivity index (χ3v) is 3.41. The lowest BCUT2D eigenvalue weighted by Crippen LogP contribution is -2.12. The second-order valence-corrected chi connectivity index (χ2v) is 5.24. The Bertz CT molecular complexity index is 398. The van der Waals surface area contributed by atoms with E-state index in [4.69, 9.17) is 10.5 Å². The average molecular weight is 277 g/mol. The molecule has 3 heteroatoms. The zero-order valence-corrected chi connectivity index (χ0v) is 12.7. The van der Waals surface area contributed by atoms with Gasteiger partial charge in [0.05, 0.1) is 6.61 Å². The molecule has 0 saturated heterocycles. The highest BCUT2D eigenvalue weighted by atomic mass is 16.5. The Labute approximate surface area is 122 Å². The van der Waals surface area contributed by atoms with Gasteiger partial charge < -0.3 is 10.5 Å². The number of hydrogen-bond donors (Lipinski definition) is 1. The smallest absolute Gasteiger partial charge is 0.164 e. The monoisotopic (exact) mass is 277 g/mol. The summed E-state index contributed by atoms with van der Waals surface area (Å²) in [6.45, 7) is 5.53. The van der Waals surface area contributed by atoms with Crippen molar-refractivity contribution in [2.24, 2.45) is 11.7 Å². The molecule has 0 amide bonds. The van der Waals surface area contributed by atoms with E-state index in [1.807, 2.05) is 24.3 Å². The van der Waals surface area contributed by atoms with Gasteiger partial charge in [0.1, 0.15) is 5.75 Å². The summed E-state index contributed by atoms with van der Waals surface area (Å²) in [4.78, 5) is 11.8. The normalized spacial score (nSPS) is 10.8. The molecule has 112 valence electrons. The zero-order valence-electron chi connectivity index (χ0n) is 12.7. The van der Waals surface area contributed by atoms with E-state index in [-0.39, 0.29) is 5.78 Å². The van der Waals surface area contributed by atoms with Gasteiger partial charge in [-0.15, -0.1) is 0 Å². The molecule has 0 aliphatic rings. The Kier molecular flexibility index (Phi) is 7.97. The lowest BCUT2D eigenvalue weighted by molar-refractivity contribution is 0.0985. The molecule has 1 aromatic rings. The summed E-state index contributed by atoms with van der Waals surface area (Å²) >= 11 is 0. The minimum absolute atomic E-state index is 0.0802. The predicted molar refractivity (Wildman–Crippen MR) is 83.2 cm³/mol. The van der Waals surface area contributed by atoms with Crippen LogP contribution in [0.5, 0.6) is 5.75 Å². The molecule has 1 rings (SSSR count). The topological polar surface area (TPSA) is 52.3 Å². The van der Waals surface area contributed by atoms with E-state index in [0.717, 1.165) is 12.4 Å². The fourth-order valence-corrected chi connectivity index (χ4v) is 2.38. The number of ether oxygens (including phenoxy) is 1. The maximum Gasteiger partial charge on any atom is 0.164 e. The number of Topliss-reactive ketones (excluding diaryl/α,β-unsaturated/α-hetero) is 1. The van der Waals surface area contributed by atoms with Crippen LogP contribution in [0.3, 0.4) is 0 Å². The molecule has 0 heterocycles. The lowest BCUT2D eigenvalue weighted by atomic mass is 9.99. The molecule has 2 N–H and O–H groups in total. The van der Waals surface area contributed by atoms with Crippen molar-refractivity contribution in [2.75, 3.05) is 13.2 Å². The Hall–Kier alpha value is -1.35. The van der Waals surface area contributed by atoms with Crippen molar-refractivity contribution >= 4 is 5.78 Å². The van der Waals surface area contributed by atoms with Gasteiger partial charge >= 0.3 is 0 Å². The number of nitrogens with two attached hydrogens (primary N) is 1. The van der Waals surface area contributed by atoms with Gasteiger partial charge in [0.2, 0.25) is 0 Å². The van der Waals surface area contributed by atoms with Crippen LogP contribution in [0.1, 0.15) is 56.3 Å². The highest BCUT2D eigenvalue weighted by Crippen LogP contribution is 2.19. The highest BCUT2D eigenvalue weighted by Gasteiger charge is 2.09. The van der Waals surface area contributed by atoms with E-state index in [1.54, 1.807) is 0 Å². The first kappa shape index (κ1) is 16.7. The standard InChI is InChI=1S/C17H27NO2/c1-3-6-14(7-4-2)13-20-16-9-5-8-15(12-16)17(19)10-11-18/h5,8-9,12,14H,3-4,6-7,10-11,13,18H2,1-2H3. The van der Waals surface area contributed by atoms with Crippen LogP contribution in [0.15, 0.2) is 24.3 Å². The number of hydrogen-bond acceptors (Lipinski definition) is 3. The minimum Gasteiger partial charge on any atom is -0.493 e. The number of carbonyl (C=O) groups excluding carboxylic acids is 1. The van der Waals surface area contributed by atoms with E-state index in [1.165, 1.54) is 25.7 Å². The van der Waals surface area contributed by atoms with Crippen LogP contribution in [0.4, 0.5) is 0 Å². The van der Waals surface area contributed by atoms with Gasteiger partial charge in [0.15, 0.2) is 5.78 Å². The summed E-state index contributed by atoms with van der Waals surface area (Å²) in [5.41, 5.74) is 6.11. The van der Waals surface area contributed by atoms with Crippen LogP contribution in [-0.2, 0) is 0 Å². The second-order valence-electron chi connectivity index (χ2n) is 5.24. The van der Waals surface area contributed by atoms with Crippen molar-refractivity contribution in [1.82, 2.24) is 0 Å². The molecule has 0 atom stereocenters. The van der Waals surface area contributed by atoms with Gasteiger partial charge in [-0.05, 0) is 37.4 Å². The molecule has 0 aliphatic carbocycles. The molecule has 0 aromatic heterocycles. The minimum atomic E-state index is 0.0802.